The van der Waals surface area contributed by atoms with Gasteiger partial charge in [-0.05, 0) is 23.8 Å². The number of pyridine rings is 1. The molecule has 1 heterocycles. The highest BCUT2D eigenvalue weighted by atomic mass is 19.1. The summed E-state index contributed by atoms with van der Waals surface area (Å²) in [6, 6.07) is 6.51. The average molecular weight is 249 g/mol. The zero-order valence-electron chi connectivity index (χ0n) is 9.23. The van der Waals surface area contributed by atoms with Gasteiger partial charge in [0.2, 0.25) is 0 Å². The van der Waals surface area contributed by atoms with Crippen molar-refractivity contribution in [3.63, 3.8) is 0 Å². The lowest BCUT2D eigenvalue weighted by molar-refractivity contribution is -0.136. The Balaban J connectivity index is 2.38. The lowest BCUT2D eigenvalue weighted by Gasteiger charge is -2.04. The minimum Gasteiger partial charge on any atom is -0.481 e. The number of halogens is 2. The molecule has 2 rings (SSSR count). The van der Waals surface area contributed by atoms with Gasteiger partial charge in [-0.3, -0.25) is 9.78 Å². The molecular weight excluding hydrogens is 240 g/mol. The number of carboxylic acid groups (broad SMARTS) is 1. The molecule has 5 heteroatoms. The van der Waals surface area contributed by atoms with Gasteiger partial charge < -0.3 is 5.11 Å². The van der Waals surface area contributed by atoms with Crippen LogP contribution < -0.4 is 0 Å². The van der Waals surface area contributed by atoms with E-state index in [0.29, 0.717) is 5.56 Å². The van der Waals surface area contributed by atoms with Crippen molar-refractivity contribution >= 4 is 5.97 Å². The molecule has 0 spiro atoms. The molecule has 0 aliphatic carbocycles. The van der Waals surface area contributed by atoms with Gasteiger partial charge in [-0.25, -0.2) is 8.78 Å². The molecule has 0 bridgehead atoms. The van der Waals surface area contributed by atoms with E-state index in [9.17, 15) is 13.6 Å². The van der Waals surface area contributed by atoms with E-state index in [0.717, 1.165) is 6.07 Å². The molecule has 1 N–H and O–H groups in total. The number of carboxylic acids is 1. The first-order valence-corrected chi connectivity index (χ1v) is 5.18. The molecule has 0 unspecified atom stereocenters. The highest BCUT2D eigenvalue weighted by molar-refractivity contribution is 5.70. The van der Waals surface area contributed by atoms with Crippen LogP contribution in [0.5, 0.6) is 0 Å². The van der Waals surface area contributed by atoms with Crippen LogP contribution in [0.1, 0.15) is 5.56 Å². The summed E-state index contributed by atoms with van der Waals surface area (Å²) >= 11 is 0. The summed E-state index contributed by atoms with van der Waals surface area (Å²) in [5, 5.41) is 8.58. The molecule has 0 saturated heterocycles. The van der Waals surface area contributed by atoms with E-state index < -0.39 is 17.6 Å². The largest absolute Gasteiger partial charge is 0.481 e. The third-order valence-corrected chi connectivity index (χ3v) is 2.35. The van der Waals surface area contributed by atoms with Crippen LogP contribution in [0.2, 0.25) is 0 Å². The van der Waals surface area contributed by atoms with E-state index in [1.165, 1.54) is 30.5 Å². The molecule has 2 aromatic rings. The fourth-order valence-corrected chi connectivity index (χ4v) is 1.60. The van der Waals surface area contributed by atoms with Crippen LogP contribution in [0.4, 0.5) is 8.78 Å². The lowest BCUT2D eigenvalue weighted by atomic mass is 10.1. The molecule has 0 aliphatic rings. The summed E-state index contributed by atoms with van der Waals surface area (Å²) in [5.41, 5.74) is 0.582. The smallest absolute Gasteiger partial charge is 0.307 e. The van der Waals surface area contributed by atoms with Crippen molar-refractivity contribution in [3.8, 4) is 11.3 Å². The summed E-state index contributed by atoms with van der Waals surface area (Å²) in [6.45, 7) is 0. The van der Waals surface area contributed by atoms with Gasteiger partial charge in [0.05, 0.1) is 6.42 Å². The van der Waals surface area contributed by atoms with E-state index in [1.807, 2.05) is 0 Å². The molecule has 3 nitrogen and oxygen atoms in total. The summed E-state index contributed by atoms with van der Waals surface area (Å²) in [7, 11) is 0. The van der Waals surface area contributed by atoms with Gasteiger partial charge in [0.15, 0.2) is 0 Å². The number of benzene rings is 1. The Labute approximate surface area is 102 Å². The number of hydrogen-bond acceptors (Lipinski definition) is 2. The first-order valence-electron chi connectivity index (χ1n) is 5.18. The minimum absolute atomic E-state index is 0.00337. The number of carbonyl (C=O) groups is 1. The Kier molecular flexibility index (Phi) is 3.32. The third-order valence-electron chi connectivity index (χ3n) is 2.35. The molecule has 0 atom stereocenters. The van der Waals surface area contributed by atoms with E-state index in [4.69, 9.17) is 5.11 Å². The standard InChI is InChI=1S/C13H9F2NO2/c14-10-3-1-2-9(6-10)13-11(15)4-8(7-16-13)5-12(17)18/h1-4,6-7H,5H2,(H,17,18). The molecule has 0 amide bonds. The van der Waals surface area contributed by atoms with Gasteiger partial charge in [0.25, 0.3) is 0 Å². The van der Waals surface area contributed by atoms with Crippen LogP contribution in [0.3, 0.4) is 0 Å². The second kappa shape index (κ2) is 4.91. The van der Waals surface area contributed by atoms with Gasteiger partial charge in [0.1, 0.15) is 17.3 Å². The van der Waals surface area contributed by atoms with Crippen molar-refractivity contribution in [2.45, 2.75) is 6.42 Å². The summed E-state index contributed by atoms with van der Waals surface area (Å²) in [6.07, 6.45) is 0.977. The molecule has 0 fully saturated rings. The maximum absolute atomic E-state index is 13.7. The number of hydrogen-bond donors (Lipinski definition) is 1. The number of rotatable bonds is 3. The van der Waals surface area contributed by atoms with E-state index in [1.54, 1.807) is 0 Å². The van der Waals surface area contributed by atoms with E-state index >= 15 is 0 Å². The fraction of sp³-hybridized carbons (Fsp3) is 0.0769. The van der Waals surface area contributed by atoms with Gasteiger partial charge in [-0.2, -0.15) is 0 Å². The molecule has 1 aromatic carbocycles. The van der Waals surface area contributed by atoms with Crippen LogP contribution in [-0.4, -0.2) is 16.1 Å². The first-order chi connectivity index (χ1) is 8.56. The van der Waals surface area contributed by atoms with Crippen molar-refractivity contribution in [2.24, 2.45) is 0 Å². The predicted molar refractivity (Wildman–Crippen MR) is 60.9 cm³/mol. The maximum atomic E-state index is 13.7. The quantitative estimate of drug-likeness (QED) is 0.909. The fourth-order valence-electron chi connectivity index (χ4n) is 1.60. The first kappa shape index (κ1) is 12.2. The molecule has 18 heavy (non-hydrogen) atoms. The SMILES string of the molecule is O=C(O)Cc1cnc(-c2cccc(F)c2)c(F)c1. The topological polar surface area (TPSA) is 50.2 Å². The third kappa shape index (κ3) is 2.68. The maximum Gasteiger partial charge on any atom is 0.307 e. The van der Waals surface area contributed by atoms with Gasteiger partial charge in [0, 0.05) is 11.8 Å². The van der Waals surface area contributed by atoms with Crippen molar-refractivity contribution in [1.29, 1.82) is 0 Å². The predicted octanol–water partition coefficient (Wildman–Crippen LogP) is 2.65. The number of aromatic nitrogens is 1. The highest BCUT2D eigenvalue weighted by Crippen LogP contribution is 2.21. The average Bonchev–Trinajstić information content (AvgIpc) is 2.28. The van der Waals surface area contributed by atoms with Crippen molar-refractivity contribution in [3.05, 3.63) is 53.7 Å². The molecule has 0 radical (unpaired) electrons. The summed E-state index contributed by atoms with van der Waals surface area (Å²) < 4.78 is 26.7. The second-order valence-corrected chi connectivity index (χ2v) is 3.75. The van der Waals surface area contributed by atoms with E-state index in [2.05, 4.69) is 4.98 Å². The normalized spacial score (nSPS) is 10.3. The van der Waals surface area contributed by atoms with Crippen molar-refractivity contribution in [1.82, 2.24) is 4.98 Å². The monoisotopic (exact) mass is 249 g/mol. The van der Waals surface area contributed by atoms with Crippen molar-refractivity contribution in [2.75, 3.05) is 0 Å². The lowest BCUT2D eigenvalue weighted by Crippen LogP contribution is -2.02. The molecular formula is C13H9F2NO2. The minimum atomic E-state index is -1.06. The van der Waals surface area contributed by atoms with Gasteiger partial charge >= 0.3 is 5.97 Å². The molecule has 0 aliphatic heterocycles. The Morgan fingerprint density at radius 1 is 1.28 bits per heavy atom. The van der Waals surface area contributed by atoms with Crippen LogP contribution in [0.15, 0.2) is 36.5 Å². The number of aliphatic carboxylic acids is 1. The van der Waals surface area contributed by atoms with Crippen LogP contribution in [0.25, 0.3) is 11.3 Å². The van der Waals surface area contributed by atoms with Crippen LogP contribution in [-0.2, 0) is 11.2 Å². The second-order valence-electron chi connectivity index (χ2n) is 3.75. The summed E-state index contributed by atoms with van der Waals surface area (Å²) in [5.74, 6) is -2.21. The zero-order valence-corrected chi connectivity index (χ0v) is 9.23. The van der Waals surface area contributed by atoms with Crippen molar-refractivity contribution < 1.29 is 18.7 Å². The Morgan fingerprint density at radius 2 is 2.06 bits per heavy atom. The Morgan fingerprint density at radius 3 is 2.67 bits per heavy atom. The van der Waals surface area contributed by atoms with Gasteiger partial charge in [-0.15, -0.1) is 0 Å². The summed E-state index contributed by atoms with van der Waals surface area (Å²) in [4.78, 5) is 14.3. The number of nitrogens with zero attached hydrogens (tertiary/aromatic N) is 1. The Hall–Kier alpha value is -2.30. The van der Waals surface area contributed by atoms with Gasteiger partial charge in [-0.1, -0.05) is 12.1 Å². The van der Waals surface area contributed by atoms with E-state index in [-0.39, 0.29) is 17.7 Å². The molecule has 92 valence electrons. The molecule has 0 saturated carbocycles. The van der Waals surface area contributed by atoms with Crippen LogP contribution in [0, 0.1) is 11.6 Å². The molecule has 1 aromatic heterocycles. The Bertz CT molecular complexity index is 599. The highest BCUT2D eigenvalue weighted by Gasteiger charge is 2.10. The zero-order chi connectivity index (χ0) is 13.1. The van der Waals surface area contributed by atoms with Crippen LogP contribution >= 0.6 is 0 Å².